The van der Waals surface area contributed by atoms with Crippen LogP contribution in [0.5, 0.6) is 5.75 Å². The van der Waals surface area contributed by atoms with Crippen LogP contribution in [0.15, 0.2) is 64.3 Å². The smallest absolute Gasteiger partial charge is 0.336 e. The van der Waals surface area contributed by atoms with E-state index < -0.39 is 11.9 Å². The van der Waals surface area contributed by atoms with Crippen LogP contribution in [-0.2, 0) is 19.1 Å². The van der Waals surface area contributed by atoms with Crippen molar-refractivity contribution in [2.24, 2.45) is 0 Å². The number of nitrogens with one attached hydrogen (secondary N) is 1. The quantitative estimate of drug-likeness (QED) is 0.448. The monoisotopic (exact) mass is 467 g/mol. The van der Waals surface area contributed by atoms with Crippen LogP contribution < -0.4 is 10.1 Å². The topological polar surface area (TPSA) is 73.9 Å². The van der Waals surface area contributed by atoms with Gasteiger partial charge in [0.15, 0.2) is 5.78 Å². The first kappa shape index (κ1) is 23.3. The Morgan fingerprint density at radius 3 is 2.61 bits per heavy atom. The summed E-state index contributed by atoms with van der Waals surface area (Å²) in [4.78, 5) is 27.9. The molecule has 0 amide bonds. The van der Waals surface area contributed by atoms with Crippen molar-refractivity contribution in [3.8, 4) is 5.75 Å². The number of esters is 1. The number of hydrogen-bond acceptors (Lipinski definition) is 7. The van der Waals surface area contributed by atoms with Crippen molar-refractivity contribution in [1.82, 2.24) is 5.32 Å². The van der Waals surface area contributed by atoms with Gasteiger partial charge in [0.25, 0.3) is 0 Å². The number of benzene rings is 1. The van der Waals surface area contributed by atoms with E-state index in [4.69, 9.17) is 14.2 Å². The summed E-state index contributed by atoms with van der Waals surface area (Å²) < 4.78 is 16.1. The Kier molecular flexibility index (Phi) is 7.30. The molecule has 174 valence electrons. The molecule has 0 fully saturated rings. The summed E-state index contributed by atoms with van der Waals surface area (Å²) in [6.07, 6.45) is 1.16. The lowest BCUT2D eigenvalue weighted by Gasteiger charge is -2.36. The molecule has 33 heavy (non-hydrogen) atoms. The Hall–Kier alpha value is -2.90. The molecule has 1 aromatic carbocycles. The fraction of sp³-hybridized carbons (Fsp3) is 0.385. The highest BCUT2D eigenvalue weighted by Gasteiger charge is 2.41. The molecule has 1 N–H and O–H groups in total. The fourth-order valence-electron chi connectivity index (χ4n) is 4.58. The van der Waals surface area contributed by atoms with Crippen molar-refractivity contribution in [3.05, 3.63) is 74.8 Å². The van der Waals surface area contributed by atoms with Gasteiger partial charge in [-0.1, -0.05) is 18.2 Å². The summed E-state index contributed by atoms with van der Waals surface area (Å²) in [6, 6.07) is 11.6. The minimum absolute atomic E-state index is 0.0649. The van der Waals surface area contributed by atoms with Gasteiger partial charge in [0, 0.05) is 46.7 Å². The second-order valence-electron chi connectivity index (χ2n) is 8.14. The highest BCUT2D eigenvalue weighted by molar-refractivity contribution is 7.10. The van der Waals surface area contributed by atoms with E-state index in [-0.39, 0.29) is 18.3 Å². The minimum atomic E-state index is -0.483. The molecule has 0 unspecified atom stereocenters. The maximum atomic E-state index is 13.5. The first-order valence-corrected chi connectivity index (χ1v) is 12.1. The first-order valence-electron chi connectivity index (χ1n) is 11.2. The highest BCUT2D eigenvalue weighted by Crippen LogP contribution is 2.46. The average molecular weight is 468 g/mol. The summed E-state index contributed by atoms with van der Waals surface area (Å²) in [5.41, 5.74) is 3.61. The van der Waals surface area contributed by atoms with Gasteiger partial charge >= 0.3 is 5.97 Å². The van der Waals surface area contributed by atoms with Crippen LogP contribution in [0.3, 0.4) is 0 Å². The summed E-state index contributed by atoms with van der Waals surface area (Å²) in [6.45, 7) is 4.83. The molecule has 2 atom stereocenters. The Bertz CT molecular complexity index is 1070. The summed E-state index contributed by atoms with van der Waals surface area (Å²) in [7, 11) is 1.61. The third-order valence-corrected chi connectivity index (χ3v) is 7.14. The molecular weight excluding hydrogens is 438 g/mol. The number of Topliss-reactive ketones (excluding diaryl/α,β-unsaturated/α-hetero) is 1. The molecule has 1 aliphatic heterocycles. The van der Waals surface area contributed by atoms with Gasteiger partial charge in [0.05, 0.1) is 19.3 Å². The van der Waals surface area contributed by atoms with Crippen molar-refractivity contribution in [2.75, 3.05) is 26.9 Å². The zero-order valence-corrected chi connectivity index (χ0v) is 20.0. The molecule has 0 saturated carbocycles. The van der Waals surface area contributed by atoms with Gasteiger partial charge in [-0.05, 0) is 49.4 Å². The van der Waals surface area contributed by atoms with Crippen LogP contribution in [-0.4, -0.2) is 38.7 Å². The van der Waals surface area contributed by atoms with Gasteiger partial charge < -0.3 is 19.5 Å². The van der Waals surface area contributed by atoms with Crippen molar-refractivity contribution in [3.63, 3.8) is 0 Å². The Labute approximate surface area is 198 Å². The van der Waals surface area contributed by atoms with Gasteiger partial charge in [-0.3, -0.25) is 4.79 Å². The van der Waals surface area contributed by atoms with Gasteiger partial charge in [-0.15, -0.1) is 11.3 Å². The number of carbonyl (C=O) groups excluding carboxylic acids is 2. The number of allylic oxidation sites excluding steroid dienone is 3. The number of carbonyl (C=O) groups is 2. The van der Waals surface area contributed by atoms with E-state index in [2.05, 4.69) is 11.4 Å². The normalized spacial score (nSPS) is 20.4. The third kappa shape index (κ3) is 4.89. The summed E-state index contributed by atoms with van der Waals surface area (Å²) >= 11 is 1.68. The lowest BCUT2D eigenvalue weighted by atomic mass is 9.72. The largest absolute Gasteiger partial charge is 0.497 e. The molecule has 7 heteroatoms. The first-order chi connectivity index (χ1) is 16.0. The number of rotatable bonds is 8. The SMILES string of the molecule is CCOCCOC(=O)C1=C(C)NC2=C(C(=O)C[C@@H](c3cccs3)C2)[C@@H]1c1ccc(OC)cc1. The van der Waals surface area contributed by atoms with Gasteiger partial charge in [-0.25, -0.2) is 4.79 Å². The molecule has 1 aliphatic carbocycles. The number of ether oxygens (including phenoxy) is 3. The molecular formula is C26H29NO5S. The molecule has 4 rings (SSSR count). The maximum absolute atomic E-state index is 13.5. The van der Waals surface area contributed by atoms with Crippen molar-refractivity contribution >= 4 is 23.1 Å². The average Bonchev–Trinajstić information content (AvgIpc) is 3.36. The third-order valence-electron chi connectivity index (χ3n) is 6.11. The minimum Gasteiger partial charge on any atom is -0.497 e. The summed E-state index contributed by atoms with van der Waals surface area (Å²) in [5, 5.41) is 5.42. The highest BCUT2D eigenvalue weighted by atomic mass is 32.1. The van der Waals surface area contributed by atoms with Crippen LogP contribution in [0, 0.1) is 0 Å². The number of ketones is 1. The van der Waals surface area contributed by atoms with Crippen LogP contribution in [0.4, 0.5) is 0 Å². The lowest BCUT2D eigenvalue weighted by molar-refractivity contribution is -0.140. The molecule has 6 nitrogen and oxygen atoms in total. The second kappa shape index (κ2) is 10.4. The van der Waals surface area contributed by atoms with Crippen molar-refractivity contribution in [2.45, 2.75) is 38.5 Å². The molecule has 1 aromatic heterocycles. The molecule has 0 radical (unpaired) electrons. The lowest BCUT2D eigenvalue weighted by Crippen LogP contribution is -2.36. The Balaban J connectivity index is 1.71. The number of methoxy groups -OCH3 is 1. The van der Waals surface area contributed by atoms with E-state index in [9.17, 15) is 9.59 Å². The van der Waals surface area contributed by atoms with Crippen molar-refractivity contribution in [1.29, 1.82) is 0 Å². The van der Waals surface area contributed by atoms with Crippen LogP contribution in [0.2, 0.25) is 0 Å². The zero-order valence-electron chi connectivity index (χ0n) is 19.2. The molecule has 2 heterocycles. The predicted molar refractivity (Wildman–Crippen MR) is 127 cm³/mol. The molecule has 2 aromatic rings. The van der Waals surface area contributed by atoms with Crippen LogP contribution in [0.1, 0.15) is 49.0 Å². The molecule has 0 bridgehead atoms. The van der Waals surface area contributed by atoms with Gasteiger partial charge in [-0.2, -0.15) is 0 Å². The number of dihydropyridines is 1. The van der Waals surface area contributed by atoms with Gasteiger partial charge in [0.1, 0.15) is 12.4 Å². The van der Waals surface area contributed by atoms with E-state index >= 15 is 0 Å². The van der Waals surface area contributed by atoms with Crippen LogP contribution in [0.25, 0.3) is 0 Å². The maximum Gasteiger partial charge on any atom is 0.336 e. The molecule has 0 saturated heterocycles. The van der Waals surface area contributed by atoms with E-state index in [0.717, 1.165) is 29.1 Å². The summed E-state index contributed by atoms with van der Waals surface area (Å²) in [5.74, 6) is 0.0165. The van der Waals surface area contributed by atoms with E-state index in [1.54, 1.807) is 18.4 Å². The van der Waals surface area contributed by atoms with Crippen molar-refractivity contribution < 1.29 is 23.8 Å². The zero-order chi connectivity index (χ0) is 23.4. The Morgan fingerprint density at radius 1 is 1.15 bits per heavy atom. The standard InChI is InChI=1S/C26H29NO5S/c1-4-31-11-12-32-26(29)23-16(2)27-20-14-18(22-6-5-13-33-22)15-21(28)25(20)24(23)17-7-9-19(30-3)10-8-17/h5-10,13,18,24,27H,4,11-12,14-15H2,1-3H3/t18-,24+/m0/s1. The van der Waals surface area contributed by atoms with E-state index in [1.807, 2.05) is 49.6 Å². The molecule has 2 aliphatic rings. The van der Waals surface area contributed by atoms with Gasteiger partial charge in [0.2, 0.25) is 0 Å². The Morgan fingerprint density at radius 2 is 1.94 bits per heavy atom. The van der Waals surface area contributed by atoms with E-state index in [1.165, 1.54) is 4.88 Å². The fourth-order valence-corrected chi connectivity index (χ4v) is 5.41. The number of hydrogen-bond donors (Lipinski definition) is 1. The number of thiophene rings is 1. The van der Waals surface area contributed by atoms with E-state index in [0.29, 0.717) is 30.8 Å². The predicted octanol–water partition coefficient (Wildman–Crippen LogP) is 4.70. The second-order valence-corrected chi connectivity index (χ2v) is 9.12. The molecule has 0 spiro atoms. The van der Waals surface area contributed by atoms with Crippen LogP contribution >= 0.6 is 11.3 Å².